The molecule has 4 atom stereocenters. The summed E-state index contributed by atoms with van der Waals surface area (Å²) in [5.41, 5.74) is -5.99. The van der Waals surface area contributed by atoms with Crippen LogP contribution in [0, 0.1) is 10.1 Å². The molecule has 0 aliphatic carbocycles. The van der Waals surface area contributed by atoms with Crippen LogP contribution in [0.15, 0.2) is 18.3 Å². The number of alkyl halides is 3. The SMILES string of the molecule is O=[N+]([O-])c1cccnc1O[C@@H]1CO[C@H]2[C@@H]1OC[C@H]2OS(=O)(=O)C(F)(F)F. The zero-order chi connectivity index (χ0) is 19.1. The number of rotatable bonds is 5. The Morgan fingerprint density at radius 2 is 1.85 bits per heavy atom. The van der Waals surface area contributed by atoms with Crippen LogP contribution >= 0.6 is 0 Å². The van der Waals surface area contributed by atoms with Crippen molar-refractivity contribution in [1.29, 1.82) is 0 Å². The predicted molar refractivity (Wildman–Crippen MR) is 74.6 cm³/mol. The summed E-state index contributed by atoms with van der Waals surface area (Å²) in [4.78, 5) is 14.0. The van der Waals surface area contributed by atoms with E-state index in [-0.39, 0.29) is 12.5 Å². The molecular formula is C12H11F3N2O8S. The van der Waals surface area contributed by atoms with Crippen molar-refractivity contribution in [3.63, 3.8) is 0 Å². The molecule has 0 amide bonds. The van der Waals surface area contributed by atoms with Crippen LogP contribution in [0.5, 0.6) is 5.88 Å². The van der Waals surface area contributed by atoms with E-state index in [4.69, 9.17) is 14.2 Å². The summed E-state index contributed by atoms with van der Waals surface area (Å²) in [6, 6.07) is 2.49. The monoisotopic (exact) mass is 400 g/mol. The third-order valence-corrected chi connectivity index (χ3v) is 4.77. The second kappa shape index (κ2) is 6.61. The first-order chi connectivity index (χ1) is 12.1. The lowest BCUT2D eigenvalue weighted by Gasteiger charge is -2.17. The van der Waals surface area contributed by atoms with Crippen molar-refractivity contribution >= 4 is 15.8 Å². The summed E-state index contributed by atoms with van der Waals surface area (Å²) in [5, 5.41) is 11.0. The van der Waals surface area contributed by atoms with E-state index in [0.29, 0.717) is 0 Å². The highest BCUT2D eigenvalue weighted by Gasteiger charge is 2.55. The number of pyridine rings is 1. The minimum atomic E-state index is -5.82. The molecule has 2 saturated heterocycles. The van der Waals surface area contributed by atoms with Crippen LogP contribution < -0.4 is 4.74 Å². The fourth-order valence-electron chi connectivity index (χ4n) is 2.59. The minimum Gasteiger partial charge on any atom is -0.464 e. The fourth-order valence-corrected chi connectivity index (χ4v) is 3.18. The van der Waals surface area contributed by atoms with E-state index in [1.807, 2.05) is 0 Å². The summed E-state index contributed by atoms with van der Waals surface area (Å²) in [7, 11) is -5.82. The molecule has 3 rings (SSSR count). The minimum absolute atomic E-state index is 0.199. The van der Waals surface area contributed by atoms with E-state index in [1.165, 1.54) is 12.3 Å². The smallest absolute Gasteiger partial charge is 0.464 e. The molecule has 1 aromatic heterocycles. The first-order valence-corrected chi connectivity index (χ1v) is 8.50. The van der Waals surface area contributed by atoms with Crippen LogP contribution in [-0.2, 0) is 23.8 Å². The van der Waals surface area contributed by atoms with E-state index in [9.17, 15) is 31.7 Å². The molecule has 0 radical (unpaired) electrons. The Labute approximate surface area is 144 Å². The van der Waals surface area contributed by atoms with E-state index >= 15 is 0 Å². The first-order valence-electron chi connectivity index (χ1n) is 7.09. The molecule has 3 heterocycles. The number of nitro groups is 1. The second-order valence-corrected chi connectivity index (χ2v) is 6.94. The second-order valence-electron chi connectivity index (χ2n) is 5.37. The van der Waals surface area contributed by atoms with Gasteiger partial charge in [-0.3, -0.25) is 14.3 Å². The standard InChI is InChI=1S/C12H11F3N2O8S/c13-12(14,15)26(20,21)25-8-5-23-9-7(4-22-10(8)9)24-11-6(17(18)19)2-1-3-16-11/h1-3,7-10H,4-5H2/t7-,8-,9-,10-/m1/s1. The number of halogens is 3. The van der Waals surface area contributed by atoms with Gasteiger partial charge in [-0.2, -0.15) is 21.6 Å². The maximum Gasteiger partial charge on any atom is 0.523 e. The highest BCUT2D eigenvalue weighted by atomic mass is 32.2. The molecule has 144 valence electrons. The van der Waals surface area contributed by atoms with Crippen molar-refractivity contribution in [3.8, 4) is 5.88 Å². The molecule has 0 aromatic carbocycles. The summed E-state index contributed by atoms with van der Waals surface area (Å²) in [6.45, 7) is -0.677. The molecule has 2 fully saturated rings. The third-order valence-electron chi connectivity index (χ3n) is 3.71. The van der Waals surface area contributed by atoms with Gasteiger partial charge in [0.25, 0.3) is 5.88 Å². The molecule has 2 aliphatic rings. The highest BCUT2D eigenvalue weighted by molar-refractivity contribution is 7.87. The van der Waals surface area contributed by atoms with E-state index in [2.05, 4.69) is 9.17 Å². The molecule has 1 aromatic rings. The van der Waals surface area contributed by atoms with E-state index in [0.717, 1.165) is 6.07 Å². The van der Waals surface area contributed by atoms with Gasteiger partial charge in [0, 0.05) is 12.3 Å². The molecule has 14 heteroatoms. The Morgan fingerprint density at radius 3 is 2.46 bits per heavy atom. The van der Waals surface area contributed by atoms with Crippen molar-refractivity contribution in [2.75, 3.05) is 13.2 Å². The van der Waals surface area contributed by atoms with Gasteiger partial charge in [-0.05, 0) is 6.07 Å². The molecule has 0 unspecified atom stereocenters. The maximum atomic E-state index is 12.4. The van der Waals surface area contributed by atoms with Gasteiger partial charge in [0.05, 0.1) is 18.1 Å². The summed E-state index contributed by atoms with van der Waals surface area (Å²) < 4.78 is 79.5. The van der Waals surface area contributed by atoms with Crippen molar-refractivity contribution in [1.82, 2.24) is 4.98 Å². The lowest BCUT2D eigenvalue weighted by molar-refractivity contribution is -0.386. The molecule has 0 saturated carbocycles. The number of hydrogen-bond donors (Lipinski definition) is 0. The lowest BCUT2D eigenvalue weighted by Crippen LogP contribution is -2.38. The highest BCUT2D eigenvalue weighted by Crippen LogP contribution is 2.35. The number of ether oxygens (including phenoxy) is 3. The number of hydrogen-bond acceptors (Lipinski definition) is 9. The molecule has 26 heavy (non-hydrogen) atoms. The average Bonchev–Trinajstić information content (AvgIpc) is 3.10. The summed E-state index contributed by atoms with van der Waals surface area (Å²) >= 11 is 0. The molecule has 2 aliphatic heterocycles. The molecule has 0 spiro atoms. The molecule has 0 bridgehead atoms. The van der Waals surface area contributed by atoms with E-state index in [1.54, 1.807) is 0 Å². The van der Waals surface area contributed by atoms with Crippen LogP contribution in [0.1, 0.15) is 0 Å². The normalized spacial score (nSPS) is 28.7. The fraction of sp³-hybridized carbons (Fsp3) is 0.583. The van der Waals surface area contributed by atoms with Gasteiger partial charge in [0.15, 0.2) is 6.10 Å². The number of fused-ring (bicyclic) bond motifs is 1. The van der Waals surface area contributed by atoms with Crippen LogP contribution in [0.25, 0.3) is 0 Å². The van der Waals surface area contributed by atoms with Crippen molar-refractivity contribution in [2.45, 2.75) is 29.9 Å². The Hall–Kier alpha value is -2.03. The van der Waals surface area contributed by atoms with Crippen LogP contribution in [0.2, 0.25) is 0 Å². The number of nitrogens with zero attached hydrogens (tertiary/aromatic N) is 2. The quantitative estimate of drug-likeness (QED) is 0.305. The van der Waals surface area contributed by atoms with E-state index < -0.39 is 57.3 Å². The molecule has 0 N–H and O–H groups in total. The van der Waals surface area contributed by atoms with Gasteiger partial charge in [-0.25, -0.2) is 4.98 Å². The zero-order valence-electron chi connectivity index (χ0n) is 12.7. The maximum absolute atomic E-state index is 12.4. The zero-order valence-corrected chi connectivity index (χ0v) is 13.5. The Balaban J connectivity index is 1.71. The van der Waals surface area contributed by atoms with Crippen LogP contribution in [0.3, 0.4) is 0 Å². The van der Waals surface area contributed by atoms with Gasteiger partial charge in [-0.1, -0.05) is 0 Å². The Kier molecular flexibility index (Phi) is 4.76. The average molecular weight is 400 g/mol. The van der Waals surface area contributed by atoms with Gasteiger partial charge < -0.3 is 14.2 Å². The van der Waals surface area contributed by atoms with Crippen molar-refractivity contribution in [2.24, 2.45) is 0 Å². The Bertz CT molecular complexity index is 802. The number of aromatic nitrogens is 1. The third kappa shape index (κ3) is 3.44. The predicted octanol–water partition coefficient (Wildman–Crippen LogP) is 0.770. The van der Waals surface area contributed by atoms with Gasteiger partial charge in [0.2, 0.25) is 0 Å². The van der Waals surface area contributed by atoms with Crippen LogP contribution in [-0.4, -0.2) is 61.5 Å². The van der Waals surface area contributed by atoms with Gasteiger partial charge in [-0.15, -0.1) is 0 Å². The molecular weight excluding hydrogens is 389 g/mol. The van der Waals surface area contributed by atoms with Gasteiger partial charge >= 0.3 is 21.3 Å². The van der Waals surface area contributed by atoms with Crippen molar-refractivity contribution in [3.05, 3.63) is 28.4 Å². The van der Waals surface area contributed by atoms with Crippen LogP contribution in [0.4, 0.5) is 18.9 Å². The van der Waals surface area contributed by atoms with Crippen molar-refractivity contribution < 1.29 is 44.9 Å². The largest absolute Gasteiger partial charge is 0.523 e. The first kappa shape index (κ1) is 18.8. The lowest BCUT2D eigenvalue weighted by atomic mass is 10.1. The summed E-state index contributed by atoms with van der Waals surface area (Å²) in [5.74, 6) is -0.317. The Morgan fingerprint density at radius 1 is 1.23 bits per heavy atom. The van der Waals surface area contributed by atoms with Gasteiger partial charge in [0.1, 0.15) is 18.3 Å². The summed E-state index contributed by atoms with van der Waals surface area (Å²) in [6.07, 6.45) is -3.30. The molecule has 10 nitrogen and oxygen atoms in total. The topological polar surface area (TPSA) is 127 Å².